The van der Waals surface area contributed by atoms with Gasteiger partial charge < -0.3 is 4.74 Å². The van der Waals surface area contributed by atoms with Gasteiger partial charge in [0.2, 0.25) is 0 Å². The number of fused-ring (bicyclic) bond motifs is 1. The Bertz CT molecular complexity index is 400. The summed E-state index contributed by atoms with van der Waals surface area (Å²) in [5.74, 6) is -0.357. The molecule has 2 N–H and O–H groups in total. The molecule has 1 atom stereocenters. The third-order valence-electron chi connectivity index (χ3n) is 2.33. The first-order valence-electron chi connectivity index (χ1n) is 4.40. The topological polar surface area (TPSA) is 52.3 Å². The highest BCUT2D eigenvalue weighted by atomic mass is 16.6. The molecule has 0 saturated carbocycles. The van der Waals surface area contributed by atoms with E-state index in [9.17, 15) is 4.79 Å². The molecule has 72 valence electrons. The summed E-state index contributed by atoms with van der Waals surface area (Å²) < 4.78 is 5.13. The van der Waals surface area contributed by atoms with E-state index in [0.717, 1.165) is 5.56 Å². The SMILES string of the molecule is C=CCC1(N)OC(=O)c2ccccc21. The van der Waals surface area contributed by atoms with Crippen LogP contribution >= 0.6 is 0 Å². The molecule has 1 aromatic rings. The van der Waals surface area contributed by atoms with Gasteiger partial charge in [-0.05, 0) is 6.07 Å². The summed E-state index contributed by atoms with van der Waals surface area (Å²) in [6.07, 6.45) is 2.07. The molecule has 0 spiro atoms. The first kappa shape index (κ1) is 8.97. The van der Waals surface area contributed by atoms with Crippen LogP contribution in [-0.4, -0.2) is 5.97 Å². The zero-order valence-electron chi connectivity index (χ0n) is 7.69. The van der Waals surface area contributed by atoms with Crippen LogP contribution in [0.2, 0.25) is 0 Å². The Labute approximate surface area is 82.2 Å². The van der Waals surface area contributed by atoms with Crippen molar-refractivity contribution in [2.45, 2.75) is 12.1 Å². The molecular weight excluding hydrogens is 178 g/mol. The number of cyclic esters (lactones) is 1. The normalized spacial score (nSPS) is 24.2. The van der Waals surface area contributed by atoms with Crippen LogP contribution in [-0.2, 0) is 10.5 Å². The van der Waals surface area contributed by atoms with Crippen LogP contribution in [0.4, 0.5) is 0 Å². The van der Waals surface area contributed by atoms with E-state index in [0.29, 0.717) is 12.0 Å². The van der Waals surface area contributed by atoms with Crippen molar-refractivity contribution in [3.8, 4) is 0 Å². The summed E-state index contributed by atoms with van der Waals surface area (Å²) in [4.78, 5) is 11.4. The fraction of sp³-hybridized carbons (Fsp3) is 0.182. The molecule has 0 amide bonds. The number of benzene rings is 1. The Morgan fingerprint density at radius 2 is 2.21 bits per heavy atom. The van der Waals surface area contributed by atoms with Crippen LogP contribution in [0, 0.1) is 0 Å². The lowest BCUT2D eigenvalue weighted by molar-refractivity contribution is -0.00372. The van der Waals surface area contributed by atoms with Crippen LogP contribution in [0.1, 0.15) is 22.3 Å². The van der Waals surface area contributed by atoms with Gasteiger partial charge in [0.1, 0.15) is 0 Å². The molecule has 0 saturated heterocycles. The average molecular weight is 189 g/mol. The number of rotatable bonds is 2. The predicted molar refractivity (Wildman–Crippen MR) is 52.5 cm³/mol. The van der Waals surface area contributed by atoms with Gasteiger partial charge in [-0.1, -0.05) is 24.3 Å². The smallest absolute Gasteiger partial charge is 0.340 e. The van der Waals surface area contributed by atoms with Gasteiger partial charge in [0.15, 0.2) is 5.72 Å². The van der Waals surface area contributed by atoms with Crippen molar-refractivity contribution in [1.29, 1.82) is 0 Å². The minimum absolute atomic E-state index is 0.357. The second-order valence-electron chi connectivity index (χ2n) is 3.32. The molecule has 0 bridgehead atoms. The van der Waals surface area contributed by atoms with E-state index >= 15 is 0 Å². The van der Waals surface area contributed by atoms with Gasteiger partial charge in [0.05, 0.1) is 5.56 Å². The highest BCUT2D eigenvalue weighted by molar-refractivity contribution is 5.94. The summed E-state index contributed by atoms with van der Waals surface area (Å²) in [6.45, 7) is 3.60. The van der Waals surface area contributed by atoms with Gasteiger partial charge >= 0.3 is 5.97 Å². The van der Waals surface area contributed by atoms with Crippen LogP contribution < -0.4 is 5.73 Å². The average Bonchev–Trinajstić information content (AvgIpc) is 2.41. The zero-order chi connectivity index (χ0) is 10.2. The van der Waals surface area contributed by atoms with Gasteiger partial charge in [0.25, 0.3) is 0 Å². The molecule has 1 unspecified atom stereocenters. The molecule has 1 aliphatic rings. The number of nitrogens with two attached hydrogens (primary N) is 1. The van der Waals surface area contributed by atoms with Crippen molar-refractivity contribution in [3.05, 3.63) is 48.0 Å². The van der Waals surface area contributed by atoms with Gasteiger partial charge in [-0.25, -0.2) is 4.79 Å². The second kappa shape index (κ2) is 2.96. The van der Waals surface area contributed by atoms with E-state index in [1.54, 1.807) is 18.2 Å². The van der Waals surface area contributed by atoms with Crippen molar-refractivity contribution in [3.63, 3.8) is 0 Å². The standard InChI is InChI=1S/C11H11NO2/c1-2-7-11(12)9-6-4-3-5-8(9)10(13)14-11/h2-6H,1,7,12H2. The van der Waals surface area contributed by atoms with Crippen LogP contribution in [0.25, 0.3) is 0 Å². The summed E-state index contributed by atoms with van der Waals surface area (Å²) in [5, 5.41) is 0. The van der Waals surface area contributed by atoms with E-state index in [2.05, 4.69) is 6.58 Å². The lowest BCUT2D eigenvalue weighted by Crippen LogP contribution is -2.36. The van der Waals surface area contributed by atoms with Crippen molar-refractivity contribution >= 4 is 5.97 Å². The Kier molecular flexibility index (Phi) is 1.89. The van der Waals surface area contributed by atoms with Crippen LogP contribution in [0.5, 0.6) is 0 Å². The largest absolute Gasteiger partial charge is 0.436 e. The van der Waals surface area contributed by atoms with Crippen molar-refractivity contribution in [1.82, 2.24) is 0 Å². The van der Waals surface area contributed by atoms with E-state index in [1.807, 2.05) is 12.1 Å². The second-order valence-corrected chi connectivity index (χ2v) is 3.32. The molecule has 3 heteroatoms. The predicted octanol–water partition coefficient (Wildman–Crippen LogP) is 1.54. The molecule has 2 rings (SSSR count). The lowest BCUT2D eigenvalue weighted by Gasteiger charge is -2.21. The molecule has 1 aromatic carbocycles. The first-order chi connectivity index (χ1) is 6.67. The van der Waals surface area contributed by atoms with Gasteiger partial charge in [-0.3, -0.25) is 5.73 Å². The van der Waals surface area contributed by atoms with Gasteiger partial charge in [-0.15, -0.1) is 6.58 Å². The number of hydrogen-bond acceptors (Lipinski definition) is 3. The minimum Gasteiger partial charge on any atom is -0.436 e. The summed E-state index contributed by atoms with van der Waals surface area (Å²) in [5.41, 5.74) is 6.23. The number of carbonyl (C=O) groups excluding carboxylic acids is 1. The monoisotopic (exact) mass is 189 g/mol. The van der Waals surface area contributed by atoms with Crippen molar-refractivity contribution in [2.75, 3.05) is 0 Å². The van der Waals surface area contributed by atoms with Crippen LogP contribution in [0.3, 0.4) is 0 Å². The van der Waals surface area contributed by atoms with E-state index < -0.39 is 5.72 Å². The molecule has 0 aromatic heterocycles. The highest BCUT2D eigenvalue weighted by Gasteiger charge is 2.40. The molecular formula is C11H11NO2. The number of esters is 1. The third-order valence-corrected chi connectivity index (χ3v) is 2.33. The maximum Gasteiger partial charge on any atom is 0.340 e. The molecule has 1 heterocycles. The molecule has 0 radical (unpaired) electrons. The molecule has 3 nitrogen and oxygen atoms in total. The number of ether oxygens (including phenoxy) is 1. The van der Waals surface area contributed by atoms with Gasteiger partial charge in [-0.2, -0.15) is 0 Å². The van der Waals surface area contributed by atoms with Crippen molar-refractivity contribution < 1.29 is 9.53 Å². The highest BCUT2D eigenvalue weighted by Crippen LogP contribution is 2.34. The van der Waals surface area contributed by atoms with E-state index in [1.165, 1.54) is 0 Å². The summed E-state index contributed by atoms with van der Waals surface area (Å²) >= 11 is 0. The fourth-order valence-electron chi connectivity index (χ4n) is 1.67. The zero-order valence-corrected chi connectivity index (χ0v) is 7.69. The number of hydrogen-bond donors (Lipinski definition) is 1. The molecule has 14 heavy (non-hydrogen) atoms. The first-order valence-corrected chi connectivity index (χ1v) is 4.40. The lowest BCUT2D eigenvalue weighted by atomic mass is 9.98. The Morgan fingerprint density at radius 1 is 1.50 bits per heavy atom. The Morgan fingerprint density at radius 3 is 2.93 bits per heavy atom. The maximum atomic E-state index is 11.4. The summed E-state index contributed by atoms with van der Waals surface area (Å²) in [6, 6.07) is 7.16. The summed E-state index contributed by atoms with van der Waals surface area (Å²) in [7, 11) is 0. The van der Waals surface area contributed by atoms with Crippen molar-refractivity contribution in [2.24, 2.45) is 5.73 Å². The minimum atomic E-state index is -1.02. The van der Waals surface area contributed by atoms with E-state index in [4.69, 9.17) is 10.5 Å². The van der Waals surface area contributed by atoms with Gasteiger partial charge in [0, 0.05) is 12.0 Å². The van der Waals surface area contributed by atoms with E-state index in [-0.39, 0.29) is 5.97 Å². The quantitative estimate of drug-likeness (QED) is 0.567. The Balaban J connectivity index is 2.53. The number of carbonyl (C=O) groups is 1. The maximum absolute atomic E-state index is 11.4. The fourth-order valence-corrected chi connectivity index (χ4v) is 1.67. The molecule has 1 aliphatic heterocycles. The molecule has 0 fully saturated rings. The third kappa shape index (κ3) is 1.14. The Hall–Kier alpha value is -1.61. The molecule has 0 aliphatic carbocycles. The van der Waals surface area contributed by atoms with Crippen LogP contribution in [0.15, 0.2) is 36.9 Å².